The van der Waals surface area contributed by atoms with Crippen molar-refractivity contribution in [2.45, 2.75) is 12.8 Å². The Hall–Kier alpha value is -2.83. The molecule has 0 bridgehead atoms. The van der Waals surface area contributed by atoms with Gasteiger partial charge >= 0.3 is 6.03 Å². The van der Waals surface area contributed by atoms with Gasteiger partial charge in [0.25, 0.3) is 0 Å². The molecular weight excluding hydrogens is 296 g/mol. The number of hydrogen-bond donors (Lipinski definition) is 3. The van der Waals surface area contributed by atoms with Gasteiger partial charge in [-0.25, -0.2) is 4.79 Å². The van der Waals surface area contributed by atoms with Gasteiger partial charge in [-0.3, -0.25) is 9.59 Å². The Morgan fingerprint density at radius 1 is 1.30 bits per heavy atom. The molecule has 1 atom stereocenters. The number of hydrogen-bond acceptors (Lipinski definition) is 3. The van der Waals surface area contributed by atoms with Crippen LogP contribution in [0.25, 0.3) is 10.9 Å². The SMILES string of the molecule is NC(=O)C1CCCN(C(=O)Nc2c[nH]c3ccccc3c2=O)C1. The minimum absolute atomic E-state index is 0.190. The van der Waals surface area contributed by atoms with Crippen molar-refractivity contribution in [2.75, 3.05) is 18.4 Å². The normalized spacial score (nSPS) is 17.9. The van der Waals surface area contributed by atoms with Gasteiger partial charge in [0.15, 0.2) is 0 Å². The first-order valence-corrected chi connectivity index (χ1v) is 7.52. The van der Waals surface area contributed by atoms with Gasteiger partial charge in [-0.05, 0) is 25.0 Å². The molecule has 120 valence electrons. The van der Waals surface area contributed by atoms with E-state index in [1.54, 1.807) is 18.2 Å². The van der Waals surface area contributed by atoms with Crippen molar-refractivity contribution in [3.63, 3.8) is 0 Å². The number of urea groups is 1. The number of nitrogens with one attached hydrogen (secondary N) is 2. The van der Waals surface area contributed by atoms with Gasteiger partial charge in [-0.2, -0.15) is 0 Å². The highest BCUT2D eigenvalue weighted by molar-refractivity contribution is 5.92. The highest BCUT2D eigenvalue weighted by Crippen LogP contribution is 2.17. The number of nitrogens with two attached hydrogens (primary N) is 1. The van der Waals surface area contributed by atoms with Gasteiger partial charge in [0.2, 0.25) is 11.3 Å². The zero-order chi connectivity index (χ0) is 16.4. The molecule has 4 N–H and O–H groups in total. The van der Waals surface area contributed by atoms with Crippen molar-refractivity contribution in [1.82, 2.24) is 9.88 Å². The number of piperidine rings is 1. The van der Waals surface area contributed by atoms with Crippen LogP contribution in [0.3, 0.4) is 0 Å². The lowest BCUT2D eigenvalue weighted by molar-refractivity contribution is -0.123. The molecule has 1 aromatic carbocycles. The summed E-state index contributed by atoms with van der Waals surface area (Å²) in [5.41, 5.74) is 5.98. The molecule has 0 spiro atoms. The van der Waals surface area contributed by atoms with Crippen molar-refractivity contribution in [3.8, 4) is 0 Å². The number of aromatic amines is 1. The molecule has 2 aromatic rings. The molecule has 0 saturated carbocycles. The number of rotatable bonds is 2. The predicted octanol–water partition coefficient (Wildman–Crippen LogP) is 1.26. The number of H-pyrrole nitrogens is 1. The molecule has 23 heavy (non-hydrogen) atoms. The van der Waals surface area contributed by atoms with Crippen molar-refractivity contribution in [1.29, 1.82) is 0 Å². The summed E-state index contributed by atoms with van der Waals surface area (Å²) in [5.74, 6) is -0.726. The van der Waals surface area contributed by atoms with Crippen molar-refractivity contribution in [3.05, 3.63) is 40.7 Å². The predicted molar refractivity (Wildman–Crippen MR) is 87.1 cm³/mol. The second-order valence-corrected chi connectivity index (χ2v) is 5.69. The van der Waals surface area contributed by atoms with Gasteiger partial charge in [-0.15, -0.1) is 0 Å². The number of para-hydroxylation sites is 1. The number of fused-ring (bicyclic) bond motifs is 1. The van der Waals surface area contributed by atoms with Crippen LogP contribution in [0.4, 0.5) is 10.5 Å². The molecule has 0 aliphatic carbocycles. The van der Waals surface area contributed by atoms with E-state index in [4.69, 9.17) is 5.73 Å². The van der Waals surface area contributed by atoms with Gasteiger partial charge in [-0.1, -0.05) is 12.1 Å². The number of primary amides is 1. The number of carbonyl (C=O) groups is 2. The van der Waals surface area contributed by atoms with E-state index in [0.717, 1.165) is 6.42 Å². The minimum Gasteiger partial charge on any atom is -0.369 e. The first-order chi connectivity index (χ1) is 11.1. The molecule has 3 amide bonds. The topological polar surface area (TPSA) is 108 Å². The molecule has 1 unspecified atom stereocenters. The summed E-state index contributed by atoms with van der Waals surface area (Å²) in [6.07, 6.45) is 2.89. The third-order valence-electron chi connectivity index (χ3n) is 4.14. The van der Waals surface area contributed by atoms with Gasteiger partial charge in [0, 0.05) is 30.2 Å². The molecule has 1 fully saturated rings. The van der Waals surface area contributed by atoms with Crippen molar-refractivity contribution >= 4 is 28.5 Å². The van der Waals surface area contributed by atoms with E-state index in [2.05, 4.69) is 10.3 Å². The lowest BCUT2D eigenvalue weighted by atomic mass is 9.98. The zero-order valence-electron chi connectivity index (χ0n) is 12.5. The van der Waals surface area contributed by atoms with Crippen LogP contribution in [0, 0.1) is 5.92 Å². The van der Waals surface area contributed by atoms with Crippen LogP contribution in [0.2, 0.25) is 0 Å². The lowest BCUT2D eigenvalue weighted by Crippen LogP contribution is -2.46. The third-order valence-corrected chi connectivity index (χ3v) is 4.14. The second-order valence-electron chi connectivity index (χ2n) is 5.69. The van der Waals surface area contributed by atoms with E-state index >= 15 is 0 Å². The fourth-order valence-electron chi connectivity index (χ4n) is 2.85. The molecule has 2 heterocycles. The highest BCUT2D eigenvalue weighted by Gasteiger charge is 2.27. The molecule has 1 saturated heterocycles. The Bertz CT molecular complexity index is 814. The number of amides is 3. The summed E-state index contributed by atoms with van der Waals surface area (Å²) in [4.78, 5) is 40.5. The monoisotopic (exact) mass is 314 g/mol. The maximum absolute atomic E-state index is 12.4. The van der Waals surface area contributed by atoms with Crippen molar-refractivity contribution in [2.24, 2.45) is 11.7 Å². The molecule has 1 aliphatic rings. The zero-order valence-corrected chi connectivity index (χ0v) is 12.5. The fraction of sp³-hybridized carbons (Fsp3) is 0.312. The Labute approximate surface area is 132 Å². The van der Waals surface area contributed by atoms with E-state index < -0.39 is 11.9 Å². The highest BCUT2D eigenvalue weighted by atomic mass is 16.2. The molecule has 7 heteroatoms. The molecule has 3 rings (SSSR count). The first-order valence-electron chi connectivity index (χ1n) is 7.52. The number of carbonyl (C=O) groups excluding carboxylic acids is 2. The van der Waals surface area contributed by atoms with E-state index in [1.807, 2.05) is 6.07 Å². The van der Waals surface area contributed by atoms with Crippen LogP contribution in [-0.4, -0.2) is 34.9 Å². The van der Waals surface area contributed by atoms with Crippen molar-refractivity contribution < 1.29 is 9.59 Å². The van der Waals surface area contributed by atoms with Crippen LogP contribution in [0.5, 0.6) is 0 Å². The maximum Gasteiger partial charge on any atom is 0.322 e. The number of likely N-dealkylation sites (tertiary alicyclic amines) is 1. The number of nitrogens with zero attached hydrogens (tertiary/aromatic N) is 1. The van der Waals surface area contributed by atoms with E-state index in [-0.39, 0.29) is 23.6 Å². The average molecular weight is 314 g/mol. The number of pyridine rings is 1. The quantitative estimate of drug-likeness (QED) is 0.776. The first kappa shape index (κ1) is 15.1. The standard InChI is InChI=1S/C16H18N4O3/c17-15(22)10-4-3-7-20(9-10)16(23)19-13-8-18-12-6-2-1-5-11(12)14(13)21/h1-2,5-6,8,10H,3-4,7,9H2,(H2,17,22)(H,18,21)(H,19,23). The van der Waals surface area contributed by atoms with Gasteiger partial charge in [0.05, 0.1) is 5.92 Å². The summed E-state index contributed by atoms with van der Waals surface area (Å²) in [6, 6.07) is 6.70. The maximum atomic E-state index is 12.4. The van der Waals surface area contributed by atoms with E-state index in [0.29, 0.717) is 23.9 Å². The van der Waals surface area contributed by atoms with Crippen LogP contribution >= 0.6 is 0 Å². The fourth-order valence-corrected chi connectivity index (χ4v) is 2.85. The number of benzene rings is 1. The smallest absolute Gasteiger partial charge is 0.322 e. The molecule has 7 nitrogen and oxygen atoms in total. The second kappa shape index (κ2) is 6.12. The summed E-state index contributed by atoms with van der Waals surface area (Å²) >= 11 is 0. The lowest BCUT2D eigenvalue weighted by Gasteiger charge is -2.31. The summed E-state index contributed by atoms with van der Waals surface area (Å²) in [7, 11) is 0. The van der Waals surface area contributed by atoms with Gasteiger partial charge in [0.1, 0.15) is 5.69 Å². The number of aromatic nitrogens is 1. The Morgan fingerprint density at radius 3 is 2.87 bits per heavy atom. The molecular formula is C16H18N4O3. The summed E-state index contributed by atoms with van der Waals surface area (Å²) in [6.45, 7) is 0.827. The average Bonchev–Trinajstić information content (AvgIpc) is 2.57. The Kier molecular flexibility index (Phi) is 4.01. The number of anilines is 1. The third kappa shape index (κ3) is 3.03. The Balaban J connectivity index is 1.79. The van der Waals surface area contributed by atoms with Crippen LogP contribution in [0.15, 0.2) is 35.3 Å². The van der Waals surface area contributed by atoms with Crippen LogP contribution in [-0.2, 0) is 4.79 Å². The minimum atomic E-state index is -0.397. The van der Waals surface area contributed by atoms with E-state index in [9.17, 15) is 14.4 Å². The van der Waals surface area contributed by atoms with E-state index in [1.165, 1.54) is 11.1 Å². The van der Waals surface area contributed by atoms with Crippen LogP contribution < -0.4 is 16.5 Å². The summed E-state index contributed by atoms with van der Waals surface area (Å²) in [5, 5.41) is 3.14. The largest absolute Gasteiger partial charge is 0.369 e. The van der Waals surface area contributed by atoms with Crippen LogP contribution in [0.1, 0.15) is 12.8 Å². The Morgan fingerprint density at radius 2 is 2.09 bits per heavy atom. The molecule has 1 aliphatic heterocycles. The molecule has 0 radical (unpaired) electrons. The molecule has 1 aromatic heterocycles. The summed E-state index contributed by atoms with van der Waals surface area (Å²) < 4.78 is 0. The van der Waals surface area contributed by atoms with Gasteiger partial charge < -0.3 is 20.9 Å².